The summed E-state index contributed by atoms with van der Waals surface area (Å²) in [6.45, 7) is 9.10. The number of hydrogen-bond acceptors (Lipinski definition) is 2. The first-order valence-corrected chi connectivity index (χ1v) is 24.8. The molecule has 10 rings (SSSR count). The summed E-state index contributed by atoms with van der Waals surface area (Å²) in [5.74, 6) is 0. The Bertz CT molecular complexity index is 2970. The first kappa shape index (κ1) is 43.1. The number of hydrogen-bond donors (Lipinski definition) is 0. The van der Waals surface area contributed by atoms with E-state index in [-0.39, 0.29) is 0 Å². The van der Waals surface area contributed by atoms with Gasteiger partial charge in [0.2, 0.25) is 0 Å². The van der Waals surface area contributed by atoms with Crippen LogP contribution in [0.1, 0.15) is 101 Å². The zero-order valence-electron chi connectivity index (χ0n) is 39.3. The number of aryl methyl sites for hydroxylation is 4. The number of rotatable bonds is 17. The van der Waals surface area contributed by atoms with E-state index in [1.807, 2.05) is 12.4 Å². The minimum atomic E-state index is 0.939. The van der Waals surface area contributed by atoms with Gasteiger partial charge in [0.1, 0.15) is 0 Å². The monoisotopic (exact) mass is 862 g/mol. The summed E-state index contributed by atoms with van der Waals surface area (Å²) in [5.41, 5.74) is 19.0. The Balaban J connectivity index is 1.07. The number of aromatic nitrogens is 4. The van der Waals surface area contributed by atoms with Crippen molar-refractivity contribution in [3.8, 4) is 45.0 Å². The van der Waals surface area contributed by atoms with Gasteiger partial charge in [0.05, 0.1) is 33.5 Å². The van der Waals surface area contributed by atoms with Gasteiger partial charge in [-0.3, -0.25) is 9.97 Å². The Kier molecular flexibility index (Phi) is 12.7. The van der Waals surface area contributed by atoms with Crippen molar-refractivity contribution >= 4 is 43.6 Å². The molecule has 0 fully saturated rings. The SMILES string of the molecule is CCCCc1ccc2c(c1)c1cc(CCCC)ccc1n2-c1cccc(-c2ncccc2-c2cccnc2-c2cccc(-n3c4ccc(CCCC)cc4c4cc(CCCC)ccc43)c2)c1. The standard InChI is InChI=1S/C62H62N4/c1-5-9-17-43-27-31-57-53(37-43)54-38-44(18-10-6-2)28-32-58(54)65(57)49-23-13-21-47(41-49)61-51(25-15-35-63-61)52-26-16-36-64-62(52)48-22-14-24-50(42-48)66-59-33-29-45(19-11-7-3)39-55(59)56-40-46(20-12-8-4)30-34-60(56)66/h13-16,21-42H,5-12,17-20H2,1-4H3. The largest absolute Gasteiger partial charge is 0.309 e. The van der Waals surface area contributed by atoms with E-state index in [9.17, 15) is 0 Å². The molecule has 0 saturated carbocycles. The molecule has 10 aromatic rings. The molecule has 0 saturated heterocycles. The van der Waals surface area contributed by atoms with Gasteiger partial charge in [-0.25, -0.2) is 0 Å². The van der Waals surface area contributed by atoms with Gasteiger partial charge in [-0.1, -0.05) is 114 Å². The maximum Gasteiger partial charge on any atom is 0.0781 e. The molecule has 330 valence electrons. The Morgan fingerprint density at radius 3 is 1.00 bits per heavy atom. The molecule has 0 aliphatic heterocycles. The normalized spacial score (nSPS) is 11.8. The minimum absolute atomic E-state index is 0.939. The van der Waals surface area contributed by atoms with Crippen LogP contribution in [-0.4, -0.2) is 19.1 Å². The lowest BCUT2D eigenvalue weighted by atomic mass is 9.95. The molecular weight excluding hydrogens is 801 g/mol. The average molecular weight is 863 g/mol. The Hall–Kier alpha value is -6.78. The van der Waals surface area contributed by atoms with Gasteiger partial charge in [0.15, 0.2) is 0 Å². The van der Waals surface area contributed by atoms with Crippen LogP contribution >= 0.6 is 0 Å². The molecule has 0 radical (unpaired) electrons. The van der Waals surface area contributed by atoms with Gasteiger partial charge in [-0.2, -0.15) is 0 Å². The Labute approximate surface area is 391 Å². The van der Waals surface area contributed by atoms with Crippen molar-refractivity contribution < 1.29 is 0 Å². The molecule has 0 spiro atoms. The number of benzene rings is 6. The zero-order chi connectivity index (χ0) is 45.0. The van der Waals surface area contributed by atoms with Gasteiger partial charge in [0, 0.05) is 67.6 Å². The summed E-state index contributed by atoms with van der Waals surface area (Å²) in [4.78, 5) is 10.2. The second-order valence-corrected chi connectivity index (χ2v) is 18.4. The molecule has 0 N–H and O–H groups in total. The summed E-state index contributed by atoms with van der Waals surface area (Å²) < 4.78 is 4.91. The van der Waals surface area contributed by atoms with Crippen LogP contribution in [0.5, 0.6) is 0 Å². The van der Waals surface area contributed by atoms with E-state index in [1.54, 1.807) is 0 Å². The third kappa shape index (κ3) is 8.34. The predicted octanol–water partition coefficient (Wildman–Crippen LogP) is 17.0. The first-order chi connectivity index (χ1) is 32.6. The van der Waals surface area contributed by atoms with Crippen molar-refractivity contribution in [2.24, 2.45) is 0 Å². The molecule has 0 amide bonds. The Morgan fingerprint density at radius 1 is 0.348 bits per heavy atom. The van der Waals surface area contributed by atoms with E-state index < -0.39 is 0 Å². The molecule has 0 bridgehead atoms. The van der Waals surface area contributed by atoms with E-state index in [2.05, 4.69) is 182 Å². The van der Waals surface area contributed by atoms with Crippen LogP contribution in [0.15, 0.2) is 158 Å². The van der Waals surface area contributed by atoms with Crippen molar-refractivity contribution in [3.05, 3.63) is 180 Å². The lowest BCUT2D eigenvalue weighted by molar-refractivity contribution is 0.795. The molecule has 0 aliphatic rings. The Morgan fingerprint density at radius 2 is 0.682 bits per heavy atom. The highest BCUT2D eigenvalue weighted by molar-refractivity contribution is 6.11. The fourth-order valence-electron chi connectivity index (χ4n) is 10.2. The third-order valence-electron chi connectivity index (χ3n) is 13.7. The number of pyridine rings is 2. The van der Waals surface area contributed by atoms with E-state index in [1.165, 1.54) is 117 Å². The van der Waals surface area contributed by atoms with E-state index >= 15 is 0 Å². The molecule has 0 aliphatic carbocycles. The van der Waals surface area contributed by atoms with Crippen molar-refractivity contribution in [1.82, 2.24) is 19.1 Å². The lowest BCUT2D eigenvalue weighted by Gasteiger charge is -2.15. The molecule has 6 aromatic carbocycles. The third-order valence-corrected chi connectivity index (χ3v) is 13.7. The van der Waals surface area contributed by atoms with E-state index in [0.717, 1.165) is 70.7 Å². The topological polar surface area (TPSA) is 35.6 Å². The fraction of sp³-hybridized carbons (Fsp3) is 0.258. The van der Waals surface area contributed by atoms with Crippen molar-refractivity contribution in [3.63, 3.8) is 0 Å². The van der Waals surface area contributed by atoms with E-state index in [4.69, 9.17) is 9.97 Å². The van der Waals surface area contributed by atoms with Crippen molar-refractivity contribution in [1.29, 1.82) is 0 Å². The highest BCUT2D eigenvalue weighted by atomic mass is 15.0. The fourth-order valence-corrected chi connectivity index (χ4v) is 10.2. The molecule has 4 nitrogen and oxygen atoms in total. The quantitative estimate of drug-likeness (QED) is 0.0914. The van der Waals surface area contributed by atoms with Crippen molar-refractivity contribution in [2.45, 2.75) is 105 Å². The van der Waals surface area contributed by atoms with Gasteiger partial charge in [-0.05, 0) is 159 Å². The highest BCUT2D eigenvalue weighted by Gasteiger charge is 2.20. The van der Waals surface area contributed by atoms with Gasteiger partial charge >= 0.3 is 0 Å². The molecule has 4 aromatic heterocycles. The molecule has 0 unspecified atom stereocenters. The van der Waals surface area contributed by atoms with Crippen molar-refractivity contribution in [2.75, 3.05) is 0 Å². The van der Waals surface area contributed by atoms with Crippen LogP contribution in [0.25, 0.3) is 88.6 Å². The molecular formula is C62H62N4. The van der Waals surface area contributed by atoms with Crippen LogP contribution in [0.3, 0.4) is 0 Å². The van der Waals surface area contributed by atoms with E-state index in [0.29, 0.717) is 0 Å². The molecule has 0 atom stereocenters. The number of fused-ring (bicyclic) bond motifs is 6. The van der Waals surface area contributed by atoms with Crippen LogP contribution in [0.4, 0.5) is 0 Å². The first-order valence-electron chi connectivity index (χ1n) is 24.8. The summed E-state index contributed by atoms with van der Waals surface area (Å²) in [6, 6.07) is 54.9. The summed E-state index contributed by atoms with van der Waals surface area (Å²) in [7, 11) is 0. The summed E-state index contributed by atoms with van der Waals surface area (Å²) >= 11 is 0. The van der Waals surface area contributed by atoms with Crippen LogP contribution in [0.2, 0.25) is 0 Å². The number of nitrogens with zero attached hydrogens (tertiary/aromatic N) is 4. The number of unbranched alkanes of at least 4 members (excludes halogenated alkanes) is 4. The molecule has 66 heavy (non-hydrogen) atoms. The lowest BCUT2D eigenvalue weighted by Crippen LogP contribution is -1.98. The van der Waals surface area contributed by atoms with Crippen LogP contribution in [0, 0.1) is 0 Å². The van der Waals surface area contributed by atoms with Gasteiger partial charge in [-0.15, -0.1) is 0 Å². The molecule has 4 heterocycles. The maximum atomic E-state index is 5.12. The summed E-state index contributed by atoms with van der Waals surface area (Å²) in [5, 5.41) is 5.32. The average Bonchev–Trinajstić information content (AvgIpc) is 3.87. The van der Waals surface area contributed by atoms with Gasteiger partial charge < -0.3 is 9.13 Å². The minimum Gasteiger partial charge on any atom is -0.309 e. The highest BCUT2D eigenvalue weighted by Crippen LogP contribution is 2.40. The molecule has 4 heteroatoms. The second kappa shape index (κ2) is 19.4. The van der Waals surface area contributed by atoms with Gasteiger partial charge in [0.25, 0.3) is 0 Å². The second-order valence-electron chi connectivity index (χ2n) is 18.4. The maximum absolute atomic E-state index is 5.12. The van der Waals surface area contributed by atoms with Crippen LogP contribution < -0.4 is 0 Å². The van der Waals surface area contributed by atoms with Crippen LogP contribution in [-0.2, 0) is 25.7 Å². The zero-order valence-corrected chi connectivity index (χ0v) is 39.3. The smallest absolute Gasteiger partial charge is 0.0781 e. The summed E-state index contributed by atoms with van der Waals surface area (Å²) in [6.07, 6.45) is 17.8. The predicted molar refractivity (Wildman–Crippen MR) is 281 cm³/mol.